The number of carbonyl (C=O) groups excluding carboxylic acids is 1. The van der Waals surface area contributed by atoms with Crippen molar-refractivity contribution in [2.24, 2.45) is 5.92 Å². The quantitative estimate of drug-likeness (QED) is 0.0755. The van der Waals surface area contributed by atoms with E-state index in [0.717, 1.165) is 12.8 Å². The Morgan fingerprint density at radius 1 is 0.915 bits per heavy atom. The summed E-state index contributed by atoms with van der Waals surface area (Å²) in [6.07, 6.45) is -4.06. The predicted molar refractivity (Wildman–Crippen MR) is 169 cm³/mol. The second-order valence-corrected chi connectivity index (χ2v) is 13.1. The first-order valence-electron chi connectivity index (χ1n) is 15.1. The van der Waals surface area contributed by atoms with Crippen molar-refractivity contribution in [3.8, 4) is 11.5 Å². The zero-order chi connectivity index (χ0) is 34.0. The van der Waals surface area contributed by atoms with Crippen molar-refractivity contribution >= 4 is 23.0 Å². The molecule has 0 radical (unpaired) electrons. The second-order valence-electron chi connectivity index (χ2n) is 11.4. The predicted octanol–water partition coefficient (Wildman–Crippen LogP) is -0.479. The van der Waals surface area contributed by atoms with E-state index < -0.39 is 72.7 Å². The minimum Gasteiger partial charge on any atom is -0.456 e. The number of benzene rings is 2. The van der Waals surface area contributed by atoms with Gasteiger partial charge in [-0.15, -0.1) is 0 Å². The molecule has 1 aliphatic carbocycles. The molecule has 4 rings (SSSR count). The van der Waals surface area contributed by atoms with Crippen molar-refractivity contribution in [3.05, 3.63) is 84.6 Å². The molecule has 0 unspecified atom stereocenters. The topological polar surface area (TPSA) is 228 Å². The van der Waals surface area contributed by atoms with E-state index >= 15 is 0 Å². The molecule has 0 aliphatic heterocycles. The number of sulfonamides is 1. The summed E-state index contributed by atoms with van der Waals surface area (Å²) in [5.74, 6) is -0.763. The molecule has 8 N–H and O–H groups in total. The Bertz CT molecular complexity index is 1500. The molecule has 1 amide bonds. The lowest BCUT2D eigenvalue weighted by Gasteiger charge is -2.28. The number of amides is 1. The van der Waals surface area contributed by atoms with Crippen molar-refractivity contribution in [3.63, 3.8) is 0 Å². The van der Waals surface area contributed by atoms with E-state index in [1.807, 2.05) is 6.07 Å². The van der Waals surface area contributed by atoms with Gasteiger partial charge in [0.2, 0.25) is 5.91 Å². The maximum absolute atomic E-state index is 13.7. The van der Waals surface area contributed by atoms with Crippen LogP contribution < -0.4 is 14.8 Å². The zero-order valence-electron chi connectivity index (χ0n) is 25.4. The molecule has 3 aromatic rings. The van der Waals surface area contributed by atoms with Crippen LogP contribution in [0, 0.1) is 5.92 Å². The number of ether oxygens (including phenoxy) is 1. The number of carbonyl (C=O) groups is 1. The van der Waals surface area contributed by atoms with Gasteiger partial charge in [-0.05, 0) is 48.6 Å². The lowest BCUT2D eigenvalue weighted by Crippen LogP contribution is -2.56. The van der Waals surface area contributed by atoms with Crippen LogP contribution in [0.15, 0.2) is 84.0 Å². The first-order valence-corrected chi connectivity index (χ1v) is 16.6. The number of aliphatic hydroxyl groups is 5. The lowest BCUT2D eigenvalue weighted by atomic mass is 9.75. The molecule has 0 bridgehead atoms. The molecular formula is C31H40BN3O11S. The zero-order valence-corrected chi connectivity index (χ0v) is 26.3. The number of nitrogens with zero attached hydrogens (tertiary/aromatic N) is 1. The van der Waals surface area contributed by atoms with Gasteiger partial charge in [0.15, 0.2) is 5.03 Å². The Hall–Kier alpha value is -3.45. The minimum absolute atomic E-state index is 0.0375. The fourth-order valence-electron chi connectivity index (χ4n) is 4.71. The maximum Gasteiger partial charge on any atom is 0.478 e. The fraction of sp³-hybridized carbons (Fsp3) is 0.419. The minimum atomic E-state index is -4.32. The van der Waals surface area contributed by atoms with Gasteiger partial charge in [0.25, 0.3) is 10.0 Å². The van der Waals surface area contributed by atoms with E-state index in [9.17, 15) is 38.7 Å². The first kappa shape index (κ1) is 36.4. The fourth-order valence-corrected chi connectivity index (χ4v) is 5.84. The van der Waals surface area contributed by atoms with Crippen LogP contribution >= 0.6 is 0 Å². The van der Waals surface area contributed by atoms with Gasteiger partial charge in [0.05, 0.1) is 25.4 Å². The van der Waals surface area contributed by atoms with E-state index in [0.29, 0.717) is 17.1 Å². The van der Waals surface area contributed by atoms with E-state index in [1.165, 1.54) is 18.3 Å². The van der Waals surface area contributed by atoms with Crippen LogP contribution in [0.1, 0.15) is 24.8 Å². The highest BCUT2D eigenvalue weighted by Gasteiger charge is 2.38. The van der Waals surface area contributed by atoms with Crippen LogP contribution in [0.2, 0.25) is 0 Å². The Balaban J connectivity index is 1.46. The molecule has 254 valence electrons. The summed E-state index contributed by atoms with van der Waals surface area (Å²) in [5.41, 5.74) is 0.659. The van der Waals surface area contributed by atoms with Crippen LogP contribution in [0.3, 0.4) is 0 Å². The van der Waals surface area contributed by atoms with Crippen LogP contribution in [0.25, 0.3) is 0 Å². The van der Waals surface area contributed by atoms with Gasteiger partial charge >= 0.3 is 7.12 Å². The molecule has 0 spiro atoms. The molecule has 16 heteroatoms. The molecule has 1 fully saturated rings. The number of aliphatic hydroxyl groups excluding tert-OH is 5. The number of para-hydroxylation sites is 1. The van der Waals surface area contributed by atoms with Gasteiger partial charge in [-0.25, -0.2) is 13.4 Å². The number of rotatable bonds is 19. The molecule has 0 saturated heterocycles. The average Bonchev–Trinajstić information content (AvgIpc) is 3.90. The average molecular weight is 674 g/mol. The summed E-state index contributed by atoms with van der Waals surface area (Å²) in [7, 11) is -6.01. The largest absolute Gasteiger partial charge is 0.478 e. The first-order chi connectivity index (χ1) is 22.5. The molecule has 47 heavy (non-hydrogen) atoms. The number of nitrogens with one attached hydrogen (secondary N) is 2. The SMILES string of the molecule is O=C(N[C@@H](CC1CC1)B(O)OC[C@@H](O)[C@@H](O)[C@H](O)[C@H](O)CO)[C@H](Cc1ccccc1)NS(=O)(=O)c1ccc(Oc2ccccc2)cn1. The number of pyridine rings is 1. The Morgan fingerprint density at radius 3 is 2.15 bits per heavy atom. The summed E-state index contributed by atoms with van der Waals surface area (Å²) < 4.78 is 40.2. The number of hydrogen-bond acceptors (Lipinski definition) is 12. The normalized spacial score (nSPS) is 17.1. The van der Waals surface area contributed by atoms with Gasteiger partial charge < -0.3 is 45.3 Å². The van der Waals surface area contributed by atoms with Crippen LogP contribution in [-0.2, 0) is 25.9 Å². The van der Waals surface area contributed by atoms with Crippen molar-refractivity contribution in [2.45, 2.75) is 67.1 Å². The standard InChI is InChI=1S/C31H40BN3O11S/c36-18-25(37)29(39)30(40)26(38)19-45-32(42)27(16-21-11-12-21)34-31(41)24(15-20-7-3-1-4-8-20)35-47(43,44)28-14-13-23(17-33-28)46-22-9-5-2-6-10-22/h1-10,13-14,17,21,24-27,29-30,35-40,42H,11-12,15-16,18-19H2,(H,34,41)/t24-,25+,26+,27-,29+,30+/m0/s1. The van der Waals surface area contributed by atoms with Crippen molar-refractivity contribution in [2.75, 3.05) is 13.2 Å². The third kappa shape index (κ3) is 11.1. The van der Waals surface area contributed by atoms with Gasteiger partial charge in [-0.1, -0.05) is 61.4 Å². The summed E-state index contributed by atoms with van der Waals surface area (Å²) in [5, 5.41) is 61.8. The molecule has 1 aromatic heterocycles. The molecule has 6 atom stereocenters. The van der Waals surface area contributed by atoms with Gasteiger partial charge in [-0.3, -0.25) is 4.79 Å². The van der Waals surface area contributed by atoms with Gasteiger partial charge in [-0.2, -0.15) is 4.72 Å². The molecule has 1 heterocycles. The highest BCUT2D eigenvalue weighted by atomic mass is 32.2. The summed E-state index contributed by atoms with van der Waals surface area (Å²) in [4.78, 5) is 17.7. The van der Waals surface area contributed by atoms with Gasteiger partial charge in [0.1, 0.15) is 42.0 Å². The van der Waals surface area contributed by atoms with E-state index in [4.69, 9.17) is 14.5 Å². The Morgan fingerprint density at radius 2 is 1.55 bits per heavy atom. The summed E-state index contributed by atoms with van der Waals surface area (Å²) in [6.45, 7) is -1.55. The second kappa shape index (κ2) is 17.1. The van der Waals surface area contributed by atoms with Crippen LogP contribution in [0.5, 0.6) is 11.5 Å². The van der Waals surface area contributed by atoms with E-state index in [-0.39, 0.29) is 23.8 Å². The summed E-state index contributed by atoms with van der Waals surface area (Å²) in [6, 6.07) is 19.0. The Labute approximate surface area is 273 Å². The molecular weight excluding hydrogens is 633 g/mol. The number of aromatic nitrogens is 1. The Kier molecular flexibility index (Phi) is 13.2. The highest BCUT2D eigenvalue weighted by molar-refractivity contribution is 7.89. The van der Waals surface area contributed by atoms with Crippen molar-refractivity contribution in [1.82, 2.24) is 15.0 Å². The van der Waals surface area contributed by atoms with Crippen molar-refractivity contribution in [1.29, 1.82) is 0 Å². The van der Waals surface area contributed by atoms with Crippen molar-refractivity contribution < 1.29 is 53.2 Å². The van der Waals surface area contributed by atoms with E-state index in [2.05, 4.69) is 15.0 Å². The maximum atomic E-state index is 13.7. The van der Waals surface area contributed by atoms with Crippen LogP contribution in [0.4, 0.5) is 0 Å². The molecule has 14 nitrogen and oxygen atoms in total. The monoisotopic (exact) mass is 673 g/mol. The third-order valence-corrected chi connectivity index (χ3v) is 8.97. The molecule has 2 aromatic carbocycles. The van der Waals surface area contributed by atoms with E-state index in [1.54, 1.807) is 54.6 Å². The molecule has 1 aliphatic rings. The van der Waals surface area contributed by atoms with Crippen LogP contribution in [-0.4, -0.2) is 107 Å². The van der Waals surface area contributed by atoms with Gasteiger partial charge in [0, 0.05) is 0 Å². The summed E-state index contributed by atoms with van der Waals surface area (Å²) >= 11 is 0. The third-order valence-electron chi connectivity index (χ3n) is 7.58. The smallest absolute Gasteiger partial charge is 0.456 e. The number of hydrogen-bond donors (Lipinski definition) is 8. The molecule has 1 saturated carbocycles. The highest BCUT2D eigenvalue weighted by Crippen LogP contribution is 2.34. The lowest BCUT2D eigenvalue weighted by molar-refractivity contribution is -0.124.